The minimum absolute atomic E-state index is 0.155. The van der Waals surface area contributed by atoms with Crippen LogP contribution in [0.2, 0.25) is 0 Å². The third-order valence-corrected chi connectivity index (χ3v) is 5.20. The van der Waals surface area contributed by atoms with Crippen molar-refractivity contribution in [3.8, 4) is 0 Å². The summed E-state index contributed by atoms with van der Waals surface area (Å²) in [5.74, 6) is -1.59. The molecule has 3 rings (SSSR count). The van der Waals surface area contributed by atoms with Gasteiger partial charge in [-0.2, -0.15) is 0 Å². The Labute approximate surface area is 167 Å². The van der Waals surface area contributed by atoms with Crippen LogP contribution in [0.1, 0.15) is 39.2 Å². The summed E-state index contributed by atoms with van der Waals surface area (Å²) in [6, 6.07) is 4.77. The average molecular weight is 406 g/mol. The summed E-state index contributed by atoms with van der Waals surface area (Å²) < 4.78 is 19.6. The third kappa shape index (κ3) is 4.73. The number of benzene rings is 1. The zero-order valence-corrected chi connectivity index (χ0v) is 17.0. The minimum atomic E-state index is -0.705. The number of thioether (sulfide) groups is 1. The summed E-state index contributed by atoms with van der Waals surface area (Å²) in [6.07, 6.45) is 3.56. The maximum absolute atomic E-state index is 14.5. The van der Waals surface area contributed by atoms with E-state index in [0.717, 1.165) is 42.6 Å². The molecule has 0 bridgehead atoms. The van der Waals surface area contributed by atoms with E-state index >= 15 is 0 Å². The van der Waals surface area contributed by atoms with Gasteiger partial charge in [0.1, 0.15) is 18.0 Å². The molecule has 0 radical (unpaired) electrons. The van der Waals surface area contributed by atoms with E-state index in [0.29, 0.717) is 11.3 Å². The van der Waals surface area contributed by atoms with Gasteiger partial charge in [0.15, 0.2) is 0 Å². The van der Waals surface area contributed by atoms with Crippen LogP contribution in [-0.4, -0.2) is 47.3 Å². The Hall–Kier alpha value is -2.35. The van der Waals surface area contributed by atoms with Gasteiger partial charge in [0, 0.05) is 13.1 Å². The Bertz CT molecular complexity index is 841. The lowest BCUT2D eigenvalue weighted by molar-refractivity contribution is -0.156. The van der Waals surface area contributed by atoms with Crippen molar-refractivity contribution < 1.29 is 23.5 Å². The summed E-state index contributed by atoms with van der Waals surface area (Å²) in [7, 11) is 0. The van der Waals surface area contributed by atoms with Crippen LogP contribution in [0.15, 0.2) is 23.1 Å². The van der Waals surface area contributed by atoms with E-state index in [1.165, 1.54) is 12.1 Å². The fourth-order valence-corrected chi connectivity index (χ4v) is 3.96. The first kappa shape index (κ1) is 20.4. The number of nitrogens with zero attached hydrogens (tertiary/aromatic N) is 2. The smallest absolute Gasteiger partial charge is 0.326 e. The molecule has 0 spiro atoms. The number of anilines is 1. The number of ether oxygens (including phenoxy) is 1. The molecule has 0 aromatic heterocycles. The van der Waals surface area contributed by atoms with Crippen LogP contribution >= 0.6 is 11.8 Å². The molecule has 0 atom stereocenters. The Balaban J connectivity index is 1.72. The Morgan fingerprint density at radius 3 is 2.54 bits per heavy atom. The van der Waals surface area contributed by atoms with Gasteiger partial charge in [-0.1, -0.05) is 6.07 Å². The van der Waals surface area contributed by atoms with E-state index < -0.39 is 29.3 Å². The predicted octanol–water partition coefficient (Wildman–Crippen LogP) is 3.80. The van der Waals surface area contributed by atoms with E-state index in [9.17, 15) is 18.8 Å². The van der Waals surface area contributed by atoms with Crippen molar-refractivity contribution in [2.45, 2.75) is 39.2 Å². The number of halogens is 1. The van der Waals surface area contributed by atoms with Crippen molar-refractivity contribution >= 4 is 40.6 Å². The highest BCUT2D eigenvalue weighted by Gasteiger charge is 2.37. The molecule has 0 saturated carbocycles. The summed E-state index contributed by atoms with van der Waals surface area (Å²) in [5.41, 5.74) is 0.333. The van der Waals surface area contributed by atoms with Crippen molar-refractivity contribution in [2.24, 2.45) is 0 Å². The molecule has 2 heterocycles. The van der Waals surface area contributed by atoms with Crippen molar-refractivity contribution in [1.29, 1.82) is 0 Å². The third-order valence-electron chi connectivity index (χ3n) is 4.30. The zero-order chi connectivity index (χ0) is 20.5. The number of rotatable bonds is 4. The van der Waals surface area contributed by atoms with Gasteiger partial charge in [0.2, 0.25) is 0 Å². The molecule has 150 valence electrons. The zero-order valence-electron chi connectivity index (χ0n) is 16.2. The maximum atomic E-state index is 14.5. The van der Waals surface area contributed by atoms with Gasteiger partial charge in [-0.15, -0.1) is 0 Å². The van der Waals surface area contributed by atoms with Crippen LogP contribution in [0.5, 0.6) is 0 Å². The van der Waals surface area contributed by atoms with Gasteiger partial charge in [0.25, 0.3) is 11.1 Å². The van der Waals surface area contributed by atoms with Gasteiger partial charge < -0.3 is 9.64 Å². The molecule has 8 heteroatoms. The highest BCUT2D eigenvalue weighted by molar-refractivity contribution is 8.18. The minimum Gasteiger partial charge on any atom is -0.459 e. The van der Waals surface area contributed by atoms with E-state index in [2.05, 4.69) is 0 Å². The molecule has 2 aliphatic heterocycles. The second kappa shape index (κ2) is 7.95. The fraction of sp³-hybridized carbons (Fsp3) is 0.450. The van der Waals surface area contributed by atoms with Crippen molar-refractivity contribution in [2.75, 3.05) is 24.5 Å². The fourth-order valence-electron chi connectivity index (χ4n) is 3.12. The first-order valence-corrected chi connectivity index (χ1v) is 9.97. The molecular weight excluding hydrogens is 383 g/mol. The highest BCUT2D eigenvalue weighted by atomic mass is 32.2. The van der Waals surface area contributed by atoms with Crippen LogP contribution in [0.3, 0.4) is 0 Å². The lowest BCUT2D eigenvalue weighted by Gasteiger charge is -2.21. The van der Waals surface area contributed by atoms with E-state index in [4.69, 9.17) is 4.74 Å². The number of esters is 1. The molecular formula is C20H23FN2O4S. The van der Waals surface area contributed by atoms with Gasteiger partial charge in [-0.25, -0.2) is 4.39 Å². The Morgan fingerprint density at radius 1 is 1.25 bits per heavy atom. The molecule has 28 heavy (non-hydrogen) atoms. The average Bonchev–Trinajstić information content (AvgIpc) is 3.18. The summed E-state index contributed by atoms with van der Waals surface area (Å²) in [6.45, 7) is 6.35. The van der Waals surface area contributed by atoms with Crippen molar-refractivity contribution in [3.05, 3.63) is 34.5 Å². The van der Waals surface area contributed by atoms with Crippen molar-refractivity contribution in [3.63, 3.8) is 0 Å². The molecule has 0 N–H and O–H groups in total. The Kier molecular flexibility index (Phi) is 5.79. The molecule has 6 nitrogen and oxygen atoms in total. The quantitative estimate of drug-likeness (QED) is 0.560. The largest absolute Gasteiger partial charge is 0.459 e. The highest BCUT2D eigenvalue weighted by Crippen LogP contribution is 2.33. The SMILES string of the molecule is CC(C)(C)OC(=O)CN1C(=O)S/C(=C\c2ccc(N3CCCC3)c(F)c2)C1=O. The maximum Gasteiger partial charge on any atom is 0.326 e. The molecule has 2 amide bonds. The van der Waals surface area contributed by atoms with Crippen LogP contribution in [-0.2, 0) is 14.3 Å². The first-order chi connectivity index (χ1) is 13.1. The van der Waals surface area contributed by atoms with Gasteiger partial charge in [-0.3, -0.25) is 19.3 Å². The molecule has 2 saturated heterocycles. The van der Waals surface area contributed by atoms with Crippen LogP contribution in [0, 0.1) is 5.82 Å². The van der Waals surface area contributed by atoms with Gasteiger partial charge >= 0.3 is 5.97 Å². The summed E-state index contributed by atoms with van der Waals surface area (Å²) >= 11 is 0.730. The lowest BCUT2D eigenvalue weighted by atomic mass is 10.1. The molecule has 1 aromatic carbocycles. The molecule has 1 aromatic rings. The summed E-state index contributed by atoms with van der Waals surface area (Å²) in [5, 5.41) is -0.545. The molecule has 0 aliphatic carbocycles. The van der Waals surface area contributed by atoms with Crippen molar-refractivity contribution in [1.82, 2.24) is 4.90 Å². The standard InChI is InChI=1S/C20H23FN2O4S/c1-20(2,3)27-17(24)12-23-18(25)16(28-19(23)26)11-13-6-7-15(14(21)10-13)22-8-4-5-9-22/h6-7,10-11H,4-5,8-9,12H2,1-3H3/b16-11-. The number of imide groups is 1. The van der Waals surface area contributed by atoms with Crippen LogP contribution in [0.25, 0.3) is 6.08 Å². The van der Waals surface area contributed by atoms with Crippen LogP contribution in [0.4, 0.5) is 14.9 Å². The molecule has 2 fully saturated rings. The number of carbonyl (C=O) groups is 3. The Morgan fingerprint density at radius 2 is 1.93 bits per heavy atom. The van der Waals surface area contributed by atoms with E-state index in [1.54, 1.807) is 32.9 Å². The predicted molar refractivity (Wildman–Crippen MR) is 106 cm³/mol. The number of hydrogen-bond acceptors (Lipinski definition) is 6. The van der Waals surface area contributed by atoms with E-state index in [-0.39, 0.29) is 10.7 Å². The normalized spacial score (nSPS) is 19.1. The van der Waals surface area contributed by atoms with Crippen LogP contribution < -0.4 is 4.90 Å². The second-order valence-corrected chi connectivity index (χ2v) is 8.75. The second-order valence-electron chi connectivity index (χ2n) is 7.76. The number of carbonyl (C=O) groups excluding carboxylic acids is 3. The lowest BCUT2D eigenvalue weighted by Crippen LogP contribution is -2.37. The summed E-state index contributed by atoms with van der Waals surface area (Å²) in [4.78, 5) is 39.5. The van der Waals surface area contributed by atoms with Gasteiger partial charge in [0.05, 0.1) is 10.6 Å². The van der Waals surface area contributed by atoms with E-state index in [1.807, 2.05) is 4.90 Å². The molecule has 0 unspecified atom stereocenters. The first-order valence-electron chi connectivity index (χ1n) is 9.16. The molecule has 2 aliphatic rings. The topological polar surface area (TPSA) is 66.9 Å². The monoisotopic (exact) mass is 406 g/mol. The number of hydrogen-bond donors (Lipinski definition) is 0. The number of amides is 2. The van der Waals surface area contributed by atoms with Gasteiger partial charge in [-0.05, 0) is 69.1 Å².